The summed E-state index contributed by atoms with van der Waals surface area (Å²) in [5.41, 5.74) is -1.29. The number of alkyl carbamates (subject to hydrolysis) is 1. The molecule has 2 aliphatic carbocycles. The number of aryl methyl sites for hydroxylation is 1. The number of fused-ring (bicyclic) bond motifs is 1. The SMILES string of the molecule is Cc1ccccc1NC(=O)NC1CC(NC(=O)OC(C)(C)C)(C(=O)O)C2C(C(=O)O)C12. The molecule has 0 aromatic heterocycles. The molecule has 3 rings (SSSR count). The number of nitrogens with one attached hydrogen (secondary N) is 3. The number of benzene rings is 1. The molecule has 10 heteroatoms. The number of carbonyl (C=O) groups is 4. The monoisotopic (exact) mass is 433 g/mol. The van der Waals surface area contributed by atoms with Crippen LogP contribution in [0, 0.1) is 24.7 Å². The smallest absolute Gasteiger partial charge is 0.408 e. The summed E-state index contributed by atoms with van der Waals surface area (Å²) in [6, 6.07) is 5.80. The zero-order valence-corrected chi connectivity index (χ0v) is 17.8. The predicted molar refractivity (Wildman–Crippen MR) is 110 cm³/mol. The van der Waals surface area contributed by atoms with Crippen molar-refractivity contribution in [3.63, 3.8) is 0 Å². The number of carboxylic acid groups (broad SMARTS) is 2. The number of rotatable bonds is 5. The Morgan fingerprint density at radius 1 is 1.13 bits per heavy atom. The van der Waals surface area contributed by atoms with Crippen LogP contribution in [0.1, 0.15) is 32.8 Å². The lowest BCUT2D eigenvalue weighted by atomic mass is 9.89. The number of urea groups is 1. The van der Waals surface area contributed by atoms with Crippen molar-refractivity contribution in [1.29, 1.82) is 0 Å². The second kappa shape index (κ2) is 7.75. The Morgan fingerprint density at radius 2 is 1.77 bits per heavy atom. The summed E-state index contributed by atoms with van der Waals surface area (Å²) in [6.07, 6.45) is -1.10. The van der Waals surface area contributed by atoms with Crippen molar-refractivity contribution in [2.75, 3.05) is 5.32 Å². The van der Waals surface area contributed by atoms with Crippen molar-refractivity contribution in [3.05, 3.63) is 29.8 Å². The van der Waals surface area contributed by atoms with Crippen molar-refractivity contribution in [2.45, 2.75) is 51.3 Å². The minimum absolute atomic E-state index is 0.151. The fraction of sp³-hybridized carbons (Fsp3) is 0.524. The molecule has 3 amide bonds. The lowest BCUT2D eigenvalue weighted by molar-refractivity contribution is -0.147. The van der Waals surface area contributed by atoms with Crippen molar-refractivity contribution in [2.24, 2.45) is 17.8 Å². The molecule has 1 aromatic carbocycles. The van der Waals surface area contributed by atoms with Crippen LogP contribution in [0.3, 0.4) is 0 Å². The number of para-hydroxylation sites is 1. The number of hydrogen-bond donors (Lipinski definition) is 5. The van der Waals surface area contributed by atoms with Gasteiger partial charge in [-0.1, -0.05) is 18.2 Å². The molecule has 10 nitrogen and oxygen atoms in total. The molecule has 0 aliphatic heterocycles. The summed E-state index contributed by atoms with van der Waals surface area (Å²) < 4.78 is 5.19. The molecule has 5 atom stereocenters. The Bertz CT molecular complexity index is 926. The highest BCUT2D eigenvalue weighted by Crippen LogP contribution is 2.62. The summed E-state index contributed by atoms with van der Waals surface area (Å²) in [4.78, 5) is 48.8. The van der Waals surface area contributed by atoms with Crippen LogP contribution in [0.4, 0.5) is 15.3 Å². The second-order valence-corrected chi connectivity index (χ2v) is 9.09. The molecule has 0 bridgehead atoms. The molecule has 31 heavy (non-hydrogen) atoms. The number of aliphatic carboxylic acids is 2. The van der Waals surface area contributed by atoms with Gasteiger partial charge in [-0.3, -0.25) is 4.79 Å². The highest BCUT2D eigenvalue weighted by molar-refractivity contribution is 5.92. The highest BCUT2D eigenvalue weighted by Gasteiger charge is 2.76. The summed E-state index contributed by atoms with van der Waals surface area (Å²) >= 11 is 0. The third-order valence-electron chi connectivity index (χ3n) is 5.75. The van der Waals surface area contributed by atoms with Crippen molar-refractivity contribution < 1.29 is 34.1 Å². The second-order valence-electron chi connectivity index (χ2n) is 9.09. The predicted octanol–water partition coefficient (Wildman–Crippen LogP) is 2.18. The molecule has 1 aromatic rings. The minimum atomic E-state index is -1.85. The fourth-order valence-corrected chi connectivity index (χ4v) is 4.50. The van der Waals surface area contributed by atoms with Crippen LogP contribution >= 0.6 is 0 Å². The number of hydrogen-bond acceptors (Lipinski definition) is 5. The zero-order chi connectivity index (χ0) is 23.1. The first kappa shape index (κ1) is 22.4. The first-order chi connectivity index (χ1) is 14.4. The first-order valence-corrected chi connectivity index (χ1v) is 9.96. The van der Waals surface area contributed by atoms with E-state index in [2.05, 4.69) is 16.0 Å². The van der Waals surface area contributed by atoms with Gasteiger partial charge in [0.25, 0.3) is 0 Å². The lowest BCUT2D eigenvalue weighted by Crippen LogP contribution is -2.58. The Hall–Kier alpha value is -3.30. The topological polar surface area (TPSA) is 154 Å². The largest absolute Gasteiger partial charge is 0.481 e. The van der Waals surface area contributed by atoms with Gasteiger partial charge in [0.1, 0.15) is 11.1 Å². The van der Waals surface area contributed by atoms with Crippen molar-refractivity contribution >= 4 is 29.8 Å². The lowest BCUT2D eigenvalue weighted by Gasteiger charge is -2.31. The summed E-state index contributed by atoms with van der Waals surface area (Å²) in [6.45, 7) is 6.72. The average Bonchev–Trinajstić information content (AvgIpc) is 3.30. The van der Waals surface area contributed by atoms with Gasteiger partial charge in [-0.2, -0.15) is 0 Å². The van der Waals surface area contributed by atoms with Crippen LogP contribution in [0.25, 0.3) is 0 Å². The molecule has 0 spiro atoms. The van der Waals surface area contributed by atoms with Crippen LogP contribution in [0.2, 0.25) is 0 Å². The number of anilines is 1. The summed E-state index contributed by atoms with van der Waals surface area (Å²) in [5, 5.41) is 27.3. The Balaban J connectivity index is 1.79. The van der Waals surface area contributed by atoms with Gasteiger partial charge in [0, 0.05) is 24.1 Å². The van der Waals surface area contributed by atoms with Crippen LogP contribution in [0.5, 0.6) is 0 Å². The van der Waals surface area contributed by atoms with Crippen LogP contribution < -0.4 is 16.0 Å². The standard InChI is InChI=1S/C21H27N3O7/c1-10-7-5-6-8-11(10)22-18(29)23-12-9-21(17(27)28,15-13(12)14(15)16(25)26)24-19(30)31-20(2,3)4/h5-8,12-15H,9H2,1-4H3,(H,24,30)(H,25,26)(H,27,28)(H2,22,23,29). The zero-order valence-electron chi connectivity index (χ0n) is 17.8. The molecular weight excluding hydrogens is 406 g/mol. The van der Waals surface area contributed by atoms with E-state index in [0.717, 1.165) is 5.56 Å². The van der Waals surface area contributed by atoms with E-state index in [1.807, 2.05) is 19.1 Å². The van der Waals surface area contributed by atoms with Gasteiger partial charge in [0.15, 0.2) is 0 Å². The third kappa shape index (κ3) is 4.42. The molecule has 0 radical (unpaired) electrons. The van der Waals surface area contributed by atoms with Gasteiger partial charge in [-0.05, 0) is 45.2 Å². The molecule has 168 valence electrons. The quantitative estimate of drug-likeness (QED) is 0.477. The molecule has 5 unspecified atom stereocenters. The number of carboxylic acids is 2. The Labute approximate surface area is 179 Å². The minimum Gasteiger partial charge on any atom is -0.481 e. The maximum atomic E-state index is 12.5. The number of carbonyl (C=O) groups excluding carboxylic acids is 2. The van der Waals surface area contributed by atoms with Crippen LogP contribution in [-0.4, -0.2) is 51.5 Å². The summed E-state index contributed by atoms with van der Waals surface area (Å²) in [7, 11) is 0. The molecule has 5 N–H and O–H groups in total. The van der Waals surface area contributed by atoms with Crippen molar-refractivity contribution in [3.8, 4) is 0 Å². The Morgan fingerprint density at radius 3 is 2.32 bits per heavy atom. The van der Waals surface area contributed by atoms with Gasteiger partial charge >= 0.3 is 24.1 Å². The third-order valence-corrected chi connectivity index (χ3v) is 5.75. The maximum Gasteiger partial charge on any atom is 0.408 e. The number of ether oxygens (including phenoxy) is 1. The molecule has 0 saturated heterocycles. The normalized spacial score (nSPS) is 28.8. The van der Waals surface area contributed by atoms with E-state index in [0.29, 0.717) is 5.69 Å². The van der Waals surface area contributed by atoms with Gasteiger partial charge in [0.2, 0.25) is 0 Å². The molecule has 2 fully saturated rings. The first-order valence-electron chi connectivity index (χ1n) is 9.96. The summed E-state index contributed by atoms with van der Waals surface area (Å²) in [5.74, 6) is -5.01. The molecule has 0 heterocycles. The highest BCUT2D eigenvalue weighted by atomic mass is 16.6. The van der Waals surface area contributed by atoms with E-state index >= 15 is 0 Å². The van der Waals surface area contributed by atoms with Gasteiger partial charge in [0.05, 0.1) is 5.92 Å². The van der Waals surface area contributed by atoms with E-state index in [1.54, 1.807) is 32.9 Å². The Kier molecular flexibility index (Phi) is 5.60. The van der Waals surface area contributed by atoms with Gasteiger partial charge in [-0.25, -0.2) is 14.4 Å². The van der Waals surface area contributed by atoms with E-state index in [-0.39, 0.29) is 6.42 Å². The fourth-order valence-electron chi connectivity index (χ4n) is 4.50. The van der Waals surface area contributed by atoms with E-state index in [4.69, 9.17) is 4.74 Å². The van der Waals surface area contributed by atoms with E-state index in [9.17, 15) is 29.4 Å². The van der Waals surface area contributed by atoms with Gasteiger partial charge in [-0.15, -0.1) is 0 Å². The number of amides is 3. The molecular formula is C21H27N3O7. The van der Waals surface area contributed by atoms with E-state index in [1.165, 1.54) is 0 Å². The van der Waals surface area contributed by atoms with Crippen LogP contribution in [0.15, 0.2) is 24.3 Å². The van der Waals surface area contributed by atoms with Crippen molar-refractivity contribution in [1.82, 2.24) is 10.6 Å². The molecule has 2 aliphatic rings. The van der Waals surface area contributed by atoms with Crippen LogP contribution in [-0.2, 0) is 14.3 Å². The van der Waals surface area contributed by atoms with E-state index < -0.39 is 59.0 Å². The van der Waals surface area contributed by atoms with Gasteiger partial charge < -0.3 is 30.9 Å². The average molecular weight is 433 g/mol. The maximum absolute atomic E-state index is 12.5. The molecule has 2 saturated carbocycles.